The Labute approximate surface area is 186 Å². The molecule has 8 heteroatoms. The standard InChI is InChI=1S/C24H30F3N3O2/c25-24(26,27)18-3-1-6-28-20(18)29-7-2-4-22(14-29)5-8-30(21(22)32)23-11-15-9-16(12-23)19(31)17(10-15)13-23/h1,3,6,15-17,19,31H,2,4-5,7-14H2/t15?,16?,17?,19?,22-,23?/m1/s1. The van der Waals surface area contributed by atoms with Gasteiger partial charge in [-0.25, -0.2) is 4.98 Å². The molecule has 0 aromatic carbocycles. The highest BCUT2D eigenvalue weighted by Crippen LogP contribution is 2.59. The maximum absolute atomic E-state index is 13.9. The lowest BCUT2D eigenvalue weighted by atomic mass is 9.51. The Morgan fingerprint density at radius 2 is 1.84 bits per heavy atom. The van der Waals surface area contributed by atoms with Crippen molar-refractivity contribution in [3.8, 4) is 0 Å². The third-order valence-corrected chi connectivity index (χ3v) is 9.24. The smallest absolute Gasteiger partial charge is 0.393 e. The van der Waals surface area contributed by atoms with Crippen LogP contribution < -0.4 is 4.90 Å². The molecule has 3 heterocycles. The number of carbonyl (C=O) groups excluding carboxylic acids is 1. The third-order valence-electron chi connectivity index (χ3n) is 9.24. The molecule has 3 atom stereocenters. The average molecular weight is 450 g/mol. The Bertz CT molecular complexity index is 921. The number of hydrogen-bond acceptors (Lipinski definition) is 4. The van der Waals surface area contributed by atoms with Gasteiger partial charge in [-0.15, -0.1) is 0 Å². The van der Waals surface area contributed by atoms with Crippen LogP contribution in [0.25, 0.3) is 0 Å². The maximum Gasteiger partial charge on any atom is 0.419 e. The van der Waals surface area contributed by atoms with Gasteiger partial charge in [0.05, 0.1) is 17.1 Å². The van der Waals surface area contributed by atoms with E-state index in [1.807, 2.05) is 0 Å². The fourth-order valence-electron chi connectivity index (χ4n) is 8.12. The van der Waals surface area contributed by atoms with Crippen LogP contribution in [0.2, 0.25) is 0 Å². The van der Waals surface area contributed by atoms with Gasteiger partial charge in [-0.2, -0.15) is 13.2 Å². The first-order valence-electron chi connectivity index (χ1n) is 12.0. The Kier molecular flexibility index (Phi) is 4.44. The van der Waals surface area contributed by atoms with Crippen molar-refractivity contribution in [3.05, 3.63) is 23.9 Å². The molecule has 2 aliphatic heterocycles. The van der Waals surface area contributed by atoms with Gasteiger partial charge in [0.25, 0.3) is 0 Å². The minimum absolute atomic E-state index is 0.0525. The molecule has 32 heavy (non-hydrogen) atoms. The first-order chi connectivity index (χ1) is 15.2. The molecule has 0 radical (unpaired) electrons. The second-order valence-electron chi connectivity index (χ2n) is 11.1. The first-order valence-corrected chi connectivity index (χ1v) is 12.0. The van der Waals surface area contributed by atoms with Crippen molar-refractivity contribution < 1.29 is 23.1 Å². The Hall–Kier alpha value is -1.83. The number of aliphatic hydroxyl groups excluding tert-OH is 1. The van der Waals surface area contributed by atoms with Gasteiger partial charge in [-0.3, -0.25) is 4.79 Å². The Morgan fingerprint density at radius 1 is 1.09 bits per heavy atom. The summed E-state index contributed by atoms with van der Waals surface area (Å²) in [5.41, 5.74) is -1.50. The molecule has 1 aromatic rings. The molecule has 4 saturated carbocycles. The van der Waals surface area contributed by atoms with E-state index in [1.54, 1.807) is 4.90 Å². The summed E-state index contributed by atoms with van der Waals surface area (Å²) >= 11 is 0. The molecule has 7 rings (SSSR count). The fraction of sp³-hybridized carbons (Fsp3) is 0.750. The van der Waals surface area contributed by atoms with Crippen LogP contribution >= 0.6 is 0 Å². The van der Waals surface area contributed by atoms with Crippen LogP contribution in [-0.4, -0.2) is 52.2 Å². The summed E-state index contributed by atoms with van der Waals surface area (Å²) < 4.78 is 40.8. The quantitative estimate of drug-likeness (QED) is 0.745. The van der Waals surface area contributed by atoms with Crippen molar-refractivity contribution >= 4 is 11.7 Å². The number of hydrogen-bond donors (Lipinski definition) is 1. The maximum atomic E-state index is 13.9. The molecule has 6 aliphatic rings. The zero-order valence-electron chi connectivity index (χ0n) is 18.2. The van der Waals surface area contributed by atoms with Gasteiger partial charge in [0.1, 0.15) is 5.82 Å². The summed E-state index contributed by atoms with van der Waals surface area (Å²) in [6.07, 6.45) is 3.72. The summed E-state index contributed by atoms with van der Waals surface area (Å²) in [7, 11) is 0. The number of aromatic nitrogens is 1. The molecule has 1 N–H and O–H groups in total. The number of amides is 1. The number of nitrogens with zero attached hydrogens (tertiary/aromatic N) is 3. The van der Waals surface area contributed by atoms with Crippen LogP contribution in [0.15, 0.2) is 18.3 Å². The zero-order valence-corrected chi connectivity index (χ0v) is 18.2. The van der Waals surface area contributed by atoms with E-state index in [0.717, 1.165) is 44.6 Å². The summed E-state index contributed by atoms with van der Waals surface area (Å²) in [4.78, 5) is 21.8. The van der Waals surface area contributed by atoms with E-state index in [-0.39, 0.29) is 35.2 Å². The second kappa shape index (κ2) is 6.84. The van der Waals surface area contributed by atoms with Crippen LogP contribution in [-0.2, 0) is 11.0 Å². The summed E-state index contributed by atoms with van der Waals surface area (Å²) in [6.45, 7) is 1.47. The molecule has 1 spiro atoms. The lowest BCUT2D eigenvalue weighted by molar-refractivity contribution is -0.167. The van der Waals surface area contributed by atoms with Crippen molar-refractivity contribution in [2.45, 2.75) is 69.2 Å². The number of rotatable bonds is 2. The molecule has 6 fully saturated rings. The lowest BCUT2D eigenvalue weighted by Crippen LogP contribution is -2.65. The largest absolute Gasteiger partial charge is 0.419 e. The van der Waals surface area contributed by atoms with Crippen molar-refractivity contribution in [2.75, 3.05) is 24.5 Å². The van der Waals surface area contributed by atoms with Gasteiger partial charge in [0.2, 0.25) is 5.91 Å². The predicted molar refractivity (Wildman–Crippen MR) is 112 cm³/mol. The number of piperidine rings is 1. The second-order valence-corrected chi connectivity index (χ2v) is 11.1. The van der Waals surface area contributed by atoms with Crippen LogP contribution in [0.5, 0.6) is 0 Å². The summed E-state index contributed by atoms with van der Waals surface area (Å²) in [5, 5.41) is 10.6. The third kappa shape index (κ3) is 2.94. The zero-order chi connectivity index (χ0) is 22.3. The van der Waals surface area contributed by atoms with Gasteiger partial charge in [-0.05, 0) is 81.3 Å². The highest BCUT2D eigenvalue weighted by atomic mass is 19.4. The van der Waals surface area contributed by atoms with Gasteiger partial charge in [0.15, 0.2) is 0 Å². The molecule has 2 unspecified atom stereocenters. The van der Waals surface area contributed by atoms with E-state index in [0.29, 0.717) is 38.4 Å². The van der Waals surface area contributed by atoms with E-state index < -0.39 is 17.2 Å². The number of halogens is 3. The summed E-state index contributed by atoms with van der Waals surface area (Å²) in [5.74, 6) is 1.24. The number of carbonyl (C=O) groups is 1. The highest BCUT2D eigenvalue weighted by molar-refractivity contribution is 5.86. The Balaban J connectivity index is 1.27. The van der Waals surface area contributed by atoms with Crippen LogP contribution in [0.4, 0.5) is 19.0 Å². The number of aliphatic hydroxyl groups is 1. The van der Waals surface area contributed by atoms with Gasteiger partial charge < -0.3 is 14.9 Å². The van der Waals surface area contributed by atoms with Gasteiger partial charge in [-0.1, -0.05) is 0 Å². The fourth-order valence-corrected chi connectivity index (χ4v) is 8.12. The number of anilines is 1. The van der Waals surface area contributed by atoms with E-state index in [1.165, 1.54) is 12.3 Å². The summed E-state index contributed by atoms with van der Waals surface area (Å²) in [6, 6.07) is 2.39. The van der Waals surface area contributed by atoms with Crippen LogP contribution in [0, 0.1) is 23.2 Å². The minimum Gasteiger partial charge on any atom is -0.393 e. The molecule has 4 bridgehead atoms. The molecular formula is C24H30F3N3O2. The first kappa shape index (κ1) is 20.8. The molecule has 2 saturated heterocycles. The van der Waals surface area contributed by atoms with Gasteiger partial charge >= 0.3 is 6.18 Å². The van der Waals surface area contributed by atoms with E-state index in [9.17, 15) is 23.1 Å². The predicted octanol–water partition coefficient (Wildman–Crippen LogP) is 3.86. The number of alkyl halides is 3. The van der Waals surface area contributed by atoms with Gasteiger partial charge in [0, 0.05) is 31.4 Å². The SMILES string of the molecule is O=C1N(C23CC4CC(C2)C(O)C(C4)C3)CC[C@@]12CCCN(c1ncccc1C(F)(F)F)C2. The number of pyridine rings is 1. The van der Waals surface area contributed by atoms with E-state index in [4.69, 9.17) is 0 Å². The molecule has 4 aliphatic carbocycles. The highest BCUT2D eigenvalue weighted by Gasteiger charge is 2.62. The molecule has 5 nitrogen and oxygen atoms in total. The average Bonchev–Trinajstić information content (AvgIpc) is 3.07. The van der Waals surface area contributed by atoms with E-state index >= 15 is 0 Å². The molecule has 1 aromatic heterocycles. The lowest BCUT2D eigenvalue weighted by Gasteiger charge is -2.61. The van der Waals surface area contributed by atoms with Crippen molar-refractivity contribution in [3.63, 3.8) is 0 Å². The minimum atomic E-state index is -4.47. The van der Waals surface area contributed by atoms with Crippen molar-refractivity contribution in [1.82, 2.24) is 9.88 Å². The van der Waals surface area contributed by atoms with Crippen molar-refractivity contribution in [1.29, 1.82) is 0 Å². The normalized spacial score (nSPS) is 41.2. The molecular weight excluding hydrogens is 419 g/mol. The van der Waals surface area contributed by atoms with Crippen LogP contribution in [0.1, 0.15) is 56.9 Å². The van der Waals surface area contributed by atoms with Crippen LogP contribution in [0.3, 0.4) is 0 Å². The number of likely N-dealkylation sites (tertiary alicyclic amines) is 1. The molecule has 174 valence electrons. The topological polar surface area (TPSA) is 56.7 Å². The van der Waals surface area contributed by atoms with E-state index in [2.05, 4.69) is 9.88 Å². The monoisotopic (exact) mass is 449 g/mol. The molecule has 1 amide bonds. The Morgan fingerprint density at radius 3 is 2.56 bits per heavy atom. The van der Waals surface area contributed by atoms with Crippen molar-refractivity contribution in [2.24, 2.45) is 23.2 Å².